The number of nitrogen functional groups attached to an aromatic ring is 1. The Morgan fingerprint density at radius 3 is 1.83 bits per heavy atom. The maximum Gasteiger partial charge on any atom is 0.261 e. The minimum absolute atomic E-state index is 0.0297. The Balaban J connectivity index is 0.000000204. The van der Waals surface area contributed by atoms with Crippen molar-refractivity contribution in [2.24, 2.45) is 11.8 Å². The number of anilines is 1. The summed E-state index contributed by atoms with van der Waals surface area (Å²) in [5.74, 6) is 20.2. The molecule has 0 amide bonds. The maximum atomic E-state index is 12.6. The van der Waals surface area contributed by atoms with E-state index in [0.717, 1.165) is 93.6 Å². The fourth-order valence-electron chi connectivity index (χ4n) is 7.28. The normalized spacial score (nSPS) is 21.9. The van der Waals surface area contributed by atoms with Gasteiger partial charge >= 0.3 is 0 Å². The van der Waals surface area contributed by atoms with Crippen molar-refractivity contribution in [1.82, 2.24) is 29.1 Å². The first-order chi connectivity index (χ1) is 25.7. The fraction of sp³-hybridized carbons (Fsp3) is 0.535. The Morgan fingerprint density at radius 1 is 0.811 bits per heavy atom. The standard InChI is InChI=1S/C22H27N3O2.C21H26N4O/c1-5-7-8-9-10-11-12-17-14-25(19-13-15(3)18(6-2)27-19)21-20(17)22(26)24-16(4)23-21;1-4-6-7-8-9-10-11-16-13-25(18-12-15(3)17(5-2)26-18)21-19(16)20(22)23-14-24-21/h1,14-15,18-19H,6-10,13H2,2-4H3,(H,23,24,26);1,13-15,17-18H,5-9,12H2,2-3H3,(H2,22,23,24)/t15?,18-,19-;15?,17-,18-/m11/s1. The number of H-pyrrole nitrogens is 1. The van der Waals surface area contributed by atoms with Crippen molar-refractivity contribution in [3.8, 4) is 48.4 Å². The van der Waals surface area contributed by atoms with Gasteiger partial charge in [0.15, 0.2) is 5.65 Å². The van der Waals surface area contributed by atoms with Crippen LogP contribution in [0, 0.1) is 67.1 Å². The minimum Gasteiger partial charge on any atom is -0.383 e. The molecule has 0 aliphatic carbocycles. The highest BCUT2D eigenvalue weighted by atomic mass is 16.5. The van der Waals surface area contributed by atoms with Crippen molar-refractivity contribution in [2.45, 2.75) is 136 Å². The molecule has 10 nitrogen and oxygen atoms in total. The summed E-state index contributed by atoms with van der Waals surface area (Å²) in [5, 5.41) is 1.37. The number of aryl methyl sites for hydroxylation is 1. The van der Waals surface area contributed by atoms with Gasteiger partial charge in [-0.15, -0.1) is 24.7 Å². The number of nitrogens with zero attached hydrogens (tertiary/aromatic N) is 5. The molecule has 0 aromatic carbocycles. The number of nitrogens with two attached hydrogens (primary N) is 1. The van der Waals surface area contributed by atoms with Crippen molar-refractivity contribution in [1.29, 1.82) is 0 Å². The molecule has 53 heavy (non-hydrogen) atoms. The molecule has 0 saturated carbocycles. The molecule has 2 unspecified atom stereocenters. The third-order valence-corrected chi connectivity index (χ3v) is 10.1. The number of aromatic amines is 1. The van der Waals surface area contributed by atoms with Crippen LogP contribution in [0.5, 0.6) is 0 Å². The second kappa shape index (κ2) is 18.7. The summed E-state index contributed by atoms with van der Waals surface area (Å²) in [5.41, 5.74) is 9.01. The lowest BCUT2D eigenvalue weighted by molar-refractivity contribution is -0.00293. The predicted molar refractivity (Wildman–Crippen MR) is 211 cm³/mol. The van der Waals surface area contributed by atoms with Crippen molar-refractivity contribution in [3.63, 3.8) is 0 Å². The molecule has 10 heteroatoms. The molecular weight excluding hydrogens is 663 g/mol. The van der Waals surface area contributed by atoms with Crippen LogP contribution in [0.1, 0.15) is 134 Å². The third kappa shape index (κ3) is 9.33. The van der Waals surface area contributed by atoms with Crippen LogP contribution in [0.4, 0.5) is 5.82 Å². The average molecular weight is 716 g/mol. The molecule has 4 aromatic rings. The largest absolute Gasteiger partial charge is 0.383 e. The Hall–Kier alpha value is -5.00. The zero-order valence-corrected chi connectivity index (χ0v) is 31.9. The first kappa shape index (κ1) is 39.2. The van der Waals surface area contributed by atoms with Gasteiger partial charge in [-0.2, -0.15) is 0 Å². The molecule has 6 rings (SSSR count). The van der Waals surface area contributed by atoms with E-state index in [1.807, 2.05) is 17.0 Å². The lowest BCUT2D eigenvalue weighted by atomic mass is 10.0. The lowest BCUT2D eigenvalue weighted by Crippen LogP contribution is -2.14. The summed E-state index contributed by atoms with van der Waals surface area (Å²) in [6.07, 6.45) is 27.3. The van der Waals surface area contributed by atoms with Crippen molar-refractivity contribution in [3.05, 3.63) is 46.0 Å². The molecule has 278 valence electrons. The highest BCUT2D eigenvalue weighted by Gasteiger charge is 2.34. The van der Waals surface area contributed by atoms with Crippen molar-refractivity contribution >= 4 is 27.9 Å². The highest BCUT2D eigenvalue weighted by molar-refractivity contribution is 5.92. The smallest absolute Gasteiger partial charge is 0.261 e. The van der Waals surface area contributed by atoms with E-state index in [-0.39, 0.29) is 30.2 Å². The van der Waals surface area contributed by atoms with Crippen molar-refractivity contribution in [2.75, 3.05) is 5.73 Å². The van der Waals surface area contributed by atoms with Gasteiger partial charge in [-0.25, -0.2) is 15.0 Å². The number of nitrogens with one attached hydrogen (secondary N) is 1. The first-order valence-electron chi connectivity index (χ1n) is 19.1. The van der Waals surface area contributed by atoms with Crippen molar-refractivity contribution < 1.29 is 9.47 Å². The van der Waals surface area contributed by atoms with Crippen LogP contribution >= 0.6 is 0 Å². The van der Waals surface area contributed by atoms with E-state index < -0.39 is 0 Å². The molecule has 3 N–H and O–H groups in total. The molecule has 2 aliphatic rings. The molecule has 2 aliphatic heterocycles. The maximum absolute atomic E-state index is 12.6. The second-order valence-corrected chi connectivity index (χ2v) is 14.1. The highest BCUT2D eigenvalue weighted by Crippen LogP contribution is 2.38. The summed E-state index contributed by atoms with van der Waals surface area (Å²) in [7, 11) is 0. The summed E-state index contributed by atoms with van der Waals surface area (Å²) >= 11 is 0. The summed E-state index contributed by atoms with van der Waals surface area (Å²) in [6, 6.07) is 0. The first-order valence-corrected chi connectivity index (χ1v) is 19.1. The number of terminal acetylenes is 2. The third-order valence-electron chi connectivity index (χ3n) is 10.1. The Kier molecular flexibility index (Phi) is 13.8. The number of hydrogen-bond donors (Lipinski definition) is 2. The van der Waals surface area contributed by atoms with E-state index in [1.54, 1.807) is 6.92 Å². The monoisotopic (exact) mass is 715 g/mol. The number of ether oxygens (including phenoxy) is 2. The zero-order valence-electron chi connectivity index (χ0n) is 31.9. The van der Waals surface area contributed by atoms with Gasteiger partial charge in [0.1, 0.15) is 36.1 Å². The van der Waals surface area contributed by atoms with Crippen LogP contribution in [0.15, 0.2) is 23.5 Å². The summed E-state index contributed by atoms with van der Waals surface area (Å²) in [4.78, 5) is 28.5. The van der Waals surface area contributed by atoms with Crippen LogP contribution < -0.4 is 11.3 Å². The predicted octanol–water partition coefficient (Wildman–Crippen LogP) is 7.80. The van der Waals surface area contributed by atoms with E-state index in [4.69, 9.17) is 28.1 Å². The number of hydrogen-bond acceptors (Lipinski definition) is 7. The molecular formula is C43H53N7O3. The van der Waals surface area contributed by atoms with Crippen LogP contribution in [-0.2, 0) is 9.47 Å². The molecule has 6 heterocycles. The molecule has 4 aromatic heterocycles. The van der Waals surface area contributed by atoms with E-state index in [0.29, 0.717) is 40.1 Å². The Bertz CT molecular complexity index is 2140. The Morgan fingerprint density at radius 2 is 1.32 bits per heavy atom. The van der Waals surface area contributed by atoms with Gasteiger partial charge in [-0.05, 0) is 70.1 Å². The van der Waals surface area contributed by atoms with E-state index in [1.165, 1.54) is 6.33 Å². The van der Waals surface area contributed by atoms with Gasteiger partial charge < -0.3 is 29.3 Å². The van der Waals surface area contributed by atoms with Crippen LogP contribution in [-0.4, -0.2) is 41.3 Å². The van der Waals surface area contributed by atoms with Crippen LogP contribution in [0.25, 0.3) is 22.1 Å². The van der Waals surface area contributed by atoms with Gasteiger partial charge in [0.25, 0.3) is 5.56 Å². The minimum atomic E-state index is -0.147. The number of rotatable bonds is 10. The summed E-state index contributed by atoms with van der Waals surface area (Å²) < 4.78 is 16.5. The number of fused-ring (bicyclic) bond motifs is 2. The second-order valence-electron chi connectivity index (χ2n) is 14.1. The number of aromatic nitrogens is 6. The summed E-state index contributed by atoms with van der Waals surface area (Å²) in [6.45, 7) is 10.5. The van der Waals surface area contributed by atoms with Gasteiger partial charge in [0.05, 0.1) is 34.1 Å². The molecule has 0 radical (unpaired) electrons. The fourth-order valence-corrected chi connectivity index (χ4v) is 7.28. The topological polar surface area (TPSA) is 126 Å². The van der Waals surface area contributed by atoms with E-state index in [2.05, 4.69) is 87.7 Å². The lowest BCUT2D eigenvalue weighted by Gasteiger charge is -2.15. The molecule has 0 spiro atoms. The molecule has 2 fully saturated rings. The average Bonchev–Trinajstić information content (AvgIpc) is 3.91. The zero-order chi connectivity index (χ0) is 37.9. The van der Waals surface area contributed by atoms with E-state index >= 15 is 0 Å². The van der Waals surface area contributed by atoms with Gasteiger partial charge in [0.2, 0.25) is 0 Å². The molecule has 6 atom stereocenters. The van der Waals surface area contributed by atoms with Gasteiger partial charge in [0, 0.05) is 38.1 Å². The molecule has 0 bridgehead atoms. The van der Waals surface area contributed by atoms with Gasteiger partial charge in [-0.1, -0.05) is 51.4 Å². The Labute approximate surface area is 314 Å². The van der Waals surface area contributed by atoms with Gasteiger partial charge in [-0.3, -0.25) is 4.79 Å². The SMILES string of the molecule is C#CCCCCC#Cc1cn([C@H]2CC(C)[C@@H](CC)O2)c2nc(C)[nH]c(=O)c12.C#CCCCCC#Cc1cn([C@H]2CC(C)[C@@H](CC)O2)c2ncnc(N)c12. The number of unbranched alkanes of at least 4 members (excludes halogenated alkanes) is 6. The molecule has 2 saturated heterocycles. The quantitative estimate of drug-likeness (QED) is 0.127. The van der Waals surface area contributed by atoms with Crippen LogP contribution in [0.3, 0.4) is 0 Å². The van der Waals surface area contributed by atoms with Crippen LogP contribution in [0.2, 0.25) is 0 Å². The van der Waals surface area contributed by atoms with E-state index in [9.17, 15) is 4.79 Å².